The predicted molar refractivity (Wildman–Crippen MR) is 69.6 cm³/mol. The number of nitrogens with zero attached hydrogens (tertiary/aromatic N) is 1. The first-order chi connectivity index (χ1) is 7.93. The first-order valence-corrected chi connectivity index (χ1v) is 7.91. The minimum Gasteiger partial charge on any atom is -0.392 e. The summed E-state index contributed by atoms with van der Waals surface area (Å²) in [6.45, 7) is 3.81. The fraction of sp³-hybridized carbons (Fsp3) is 0.636. The van der Waals surface area contributed by atoms with Crippen LogP contribution in [0.5, 0.6) is 0 Å². The molecule has 6 heteroatoms. The number of aliphatic hydroxyl groups is 1. The number of hydrogen-bond donors (Lipinski definition) is 1. The Morgan fingerprint density at radius 2 is 2.18 bits per heavy atom. The van der Waals surface area contributed by atoms with Crippen molar-refractivity contribution in [2.75, 3.05) is 7.05 Å². The molecule has 1 unspecified atom stereocenters. The highest BCUT2D eigenvalue weighted by Gasteiger charge is 2.26. The van der Waals surface area contributed by atoms with E-state index in [1.54, 1.807) is 12.4 Å². The summed E-state index contributed by atoms with van der Waals surface area (Å²) in [5.41, 5.74) is 0.644. The average molecular weight is 277 g/mol. The first kappa shape index (κ1) is 14.6. The van der Waals surface area contributed by atoms with Crippen molar-refractivity contribution in [2.45, 2.75) is 43.5 Å². The minimum atomic E-state index is -3.41. The molecule has 0 amide bonds. The van der Waals surface area contributed by atoms with Gasteiger partial charge in [0.1, 0.15) is 4.21 Å². The summed E-state index contributed by atoms with van der Waals surface area (Å²) in [6, 6.07) is 1.53. The molecule has 1 atom stereocenters. The van der Waals surface area contributed by atoms with Crippen LogP contribution in [0, 0.1) is 0 Å². The van der Waals surface area contributed by atoms with Gasteiger partial charge in [-0.3, -0.25) is 0 Å². The maximum atomic E-state index is 12.2. The van der Waals surface area contributed by atoms with Gasteiger partial charge in [0.05, 0.1) is 6.61 Å². The largest absolute Gasteiger partial charge is 0.392 e. The van der Waals surface area contributed by atoms with Gasteiger partial charge in [0.2, 0.25) is 0 Å². The molecule has 0 saturated heterocycles. The van der Waals surface area contributed by atoms with Crippen molar-refractivity contribution in [3.8, 4) is 0 Å². The maximum absolute atomic E-state index is 12.2. The number of thiophene rings is 1. The van der Waals surface area contributed by atoms with Crippen LogP contribution in [0.1, 0.15) is 32.3 Å². The molecule has 0 spiro atoms. The Bertz CT molecular complexity index is 453. The third-order valence-corrected chi connectivity index (χ3v) is 6.21. The van der Waals surface area contributed by atoms with E-state index in [0.29, 0.717) is 9.77 Å². The monoisotopic (exact) mass is 277 g/mol. The number of rotatable bonds is 6. The van der Waals surface area contributed by atoms with Crippen LogP contribution in [0.25, 0.3) is 0 Å². The third kappa shape index (κ3) is 3.28. The number of sulfonamides is 1. The zero-order chi connectivity index (χ0) is 13.1. The van der Waals surface area contributed by atoms with Gasteiger partial charge in [0.15, 0.2) is 0 Å². The Labute approximate surface area is 107 Å². The summed E-state index contributed by atoms with van der Waals surface area (Å²) in [6.07, 6.45) is 1.79. The summed E-state index contributed by atoms with van der Waals surface area (Å²) in [5, 5.41) is 10.6. The summed E-state index contributed by atoms with van der Waals surface area (Å²) < 4.78 is 26.2. The van der Waals surface area contributed by atoms with Crippen LogP contribution in [-0.4, -0.2) is 30.9 Å². The molecule has 1 rings (SSSR count). The topological polar surface area (TPSA) is 57.6 Å². The average Bonchev–Trinajstić information content (AvgIpc) is 2.77. The lowest BCUT2D eigenvalue weighted by Gasteiger charge is -2.23. The number of hydrogen-bond acceptors (Lipinski definition) is 4. The Kier molecular flexibility index (Phi) is 5.12. The Morgan fingerprint density at radius 3 is 2.65 bits per heavy atom. The smallest absolute Gasteiger partial charge is 0.252 e. The van der Waals surface area contributed by atoms with Gasteiger partial charge in [-0.2, -0.15) is 4.31 Å². The second-order valence-corrected chi connectivity index (χ2v) is 7.23. The highest BCUT2D eigenvalue weighted by Crippen LogP contribution is 2.25. The van der Waals surface area contributed by atoms with Crippen LogP contribution in [0.2, 0.25) is 0 Å². The van der Waals surface area contributed by atoms with E-state index in [2.05, 4.69) is 0 Å². The Hall–Kier alpha value is -0.430. The number of aliphatic hydroxyl groups excluding tert-OH is 1. The molecule has 4 nitrogen and oxygen atoms in total. The molecule has 1 N–H and O–H groups in total. The molecule has 0 radical (unpaired) electrons. The van der Waals surface area contributed by atoms with Crippen LogP contribution in [-0.2, 0) is 16.6 Å². The lowest BCUT2D eigenvalue weighted by Crippen LogP contribution is -2.34. The fourth-order valence-corrected chi connectivity index (χ4v) is 4.33. The van der Waals surface area contributed by atoms with Crippen molar-refractivity contribution in [3.05, 3.63) is 17.0 Å². The second-order valence-electron chi connectivity index (χ2n) is 4.09. The Morgan fingerprint density at radius 1 is 1.53 bits per heavy atom. The lowest BCUT2D eigenvalue weighted by molar-refractivity contribution is 0.282. The van der Waals surface area contributed by atoms with E-state index in [9.17, 15) is 8.42 Å². The molecular weight excluding hydrogens is 258 g/mol. The van der Waals surface area contributed by atoms with E-state index >= 15 is 0 Å². The summed E-state index contributed by atoms with van der Waals surface area (Å²) in [7, 11) is -1.80. The molecule has 0 aromatic carbocycles. The highest BCUT2D eigenvalue weighted by molar-refractivity contribution is 7.91. The van der Waals surface area contributed by atoms with Crippen LogP contribution in [0.3, 0.4) is 0 Å². The second kappa shape index (κ2) is 5.95. The molecule has 0 fully saturated rings. The van der Waals surface area contributed by atoms with E-state index in [-0.39, 0.29) is 12.6 Å². The SMILES string of the molecule is CCCC(C)N(C)S(=O)(=O)c1cc(CO)cs1. The van der Waals surface area contributed by atoms with Crippen LogP contribution < -0.4 is 0 Å². The van der Waals surface area contributed by atoms with E-state index in [4.69, 9.17) is 5.11 Å². The third-order valence-electron chi connectivity index (χ3n) is 2.77. The van der Waals surface area contributed by atoms with Crippen molar-refractivity contribution in [1.29, 1.82) is 0 Å². The van der Waals surface area contributed by atoms with Gasteiger partial charge >= 0.3 is 0 Å². The van der Waals surface area contributed by atoms with E-state index in [0.717, 1.165) is 24.2 Å². The molecule has 1 aromatic rings. The maximum Gasteiger partial charge on any atom is 0.252 e. The van der Waals surface area contributed by atoms with Gasteiger partial charge in [-0.15, -0.1) is 11.3 Å². The van der Waals surface area contributed by atoms with Crippen molar-refractivity contribution >= 4 is 21.4 Å². The minimum absolute atomic E-state index is 0.00956. The zero-order valence-corrected chi connectivity index (χ0v) is 12.0. The Balaban J connectivity index is 2.94. The van der Waals surface area contributed by atoms with Gasteiger partial charge in [0.25, 0.3) is 10.0 Å². The van der Waals surface area contributed by atoms with Crippen molar-refractivity contribution < 1.29 is 13.5 Å². The quantitative estimate of drug-likeness (QED) is 0.866. The summed E-state index contributed by atoms with van der Waals surface area (Å²) in [4.78, 5) is 0. The predicted octanol–water partition coefficient (Wildman–Crippen LogP) is 2.05. The van der Waals surface area contributed by atoms with Gasteiger partial charge < -0.3 is 5.11 Å². The van der Waals surface area contributed by atoms with Crippen molar-refractivity contribution in [3.63, 3.8) is 0 Å². The van der Waals surface area contributed by atoms with Crippen LogP contribution in [0.4, 0.5) is 0 Å². The zero-order valence-electron chi connectivity index (χ0n) is 10.4. The summed E-state index contributed by atoms with van der Waals surface area (Å²) in [5.74, 6) is 0. The van der Waals surface area contributed by atoms with Crippen LogP contribution >= 0.6 is 11.3 Å². The molecule has 1 heterocycles. The highest BCUT2D eigenvalue weighted by atomic mass is 32.2. The molecule has 0 aliphatic heterocycles. The molecule has 0 aliphatic rings. The normalized spacial score (nSPS) is 14.2. The van der Waals surface area contributed by atoms with Gasteiger partial charge in [-0.25, -0.2) is 8.42 Å². The van der Waals surface area contributed by atoms with Crippen molar-refractivity contribution in [2.24, 2.45) is 0 Å². The molecular formula is C11H19NO3S2. The van der Waals surface area contributed by atoms with Crippen molar-refractivity contribution in [1.82, 2.24) is 4.31 Å². The lowest BCUT2D eigenvalue weighted by atomic mass is 10.2. The van der Waals surface area contributed by atoms with Gasteiger partial charge in [0, 0.05) is 13.1 Å². The van der Waals surface area contributed by atoms with Gasteiger partial charge in [-0.05, 0) is 30.4 Å². The molecule has 98 valence electrons. The molecule has 1 aromatic heterocycles. The van der Waals surface area contributed by atoms with Gasteiger partial charge in [-0.1, -0.05) is 13.3 Å². The summed E-state index contributed by atoms with van der Waals surface area (Å²) >= 11 is 1.16. The van der Waals surface area contributed by atoms with E-state index in [1.807, 2.05) is 13.8 Å². The van der Waals surface area contributed by atoms with Crippen LogP contribution in [0.15, 0.2) is 15.7 Å². The van der Waals surface area contributed by atoms with E-state index < -0.39 is 10.0 Å². The molecule has 0 saturated carbocycles. The molecule has 0 aliphatic carbocycles. The first-order valence-electron chi connectivity index (χ1n) is 5.59. The fourth-order valence-electron chi connectivity index (χ4n) is 1.55. The standard InChI is InChI=1S/C11H19NO3S2/c1-4-5-9(2)12(3)17(14,15)11-6-10(7-13)8-16-11/h6,8-9,13H,4-5,7H2,1-3H3. The molecule has 17 heavy (non-hydrogen) atoms. The van der Waals surface area contributed by atoms with E-state index in [1.165, 1.54) is 10.4 Å². The molecule has 0 bridgehead atoms.